The van der Waals surface area contributed by atoms with Gasteiger partial charge in [-0.05, 0) is 18.6 Å². The van der Waals surface area contributed by atoms with Gasteiger partial charge in [0.1, 0.15) is 0 Å². The Morgan fingerprint density at radius 1 is 1.50 bits per heavy atom. The highest BCUT2D eigenvalue weighted by molar-refractivity contribution is 7.99. The molecule has 1 aromatic rings. The minimum absolute atomic E-state index is 0.0951. The smallest absolute Gasteiger partial charge is 0.383 e. The average molecular weight is 282 g/mol. The standard InChI is InChI=1S/C10H13F3N2O2S/c1-5(7(16)10(11,12)13)9-14-8(15-17-9)6-3-2-4-18-6/h5-7,16H,2-4H2,1H3. The predicted octanol–water partition coefficient (Wildman–Crippen LogP) is 2.66. The predicted molar refractivity (Wildman–Crippen MR) is 59.2 cm³/mol. The summed E-state index contributed by atoms with van der Waals surface area (Å²) in [6.07, 6.45) is -5.22. The number of thioether (sulfide) groups is 1. The van der Waals surface area contributed by atoms with Crippen LogP contribution in [0.4, 0.5) is 13.2 Å². The summed E-state index contributed by atoms with van der Waals surface area (Å²) in [7, 11) is 0. The van der Waals surface area contributed by atoms with E-state index < -0.39 is 18.2 Å². The summed E-state index contributed by atoms with van der Waals surface area (Å²) in [5.41, 5.74) is 0. The van der Waals surface area contributed by atoms with Crippen molar-refractivity contribution in [3.05, 3.63) is 11.7 Å². The molecule has 2 heterocycles. The fraction of sp³-hybridized carbons (Fsp3) is 0.800. The molecule has 1 aliphatic heterocycles. The molecular weight excluding hydrogens is 269 g/mol. The Morgan fingerprint density at radius 2 is 2.22 bits per heavy atom. The number of alkyl halides is 3. The summed E-state index contributed by atoms with van der Waals surface area (Å²) in [5, 5.41) is 12.9. The van der Waals surface area contributed by atoms with Gasteiger partial charge in [0.2, 0.25) is 5.89 Å². The molecule has 0 radical (unpaired) electrons. The van der Waals surface area contributed by atoms with E-state index in [1.54, 1.807) is 11.8 Å². The van der Waals surface area contributed by atoms with Crippen LogP contribution < -0.4 is 0 Å². The molecule has 3 unspecified atom stereocenters. The van der Waals surface area contributed by atoms with Gasteiger partial charge in [-0.15, -0.1) is 0 Å². The van der Waals surface area contributed by atoms with E-state index in [2.05, 4.69) is 10.1 Å². The van der Waals surface area contributed by atoms with Crippen molar-refractivity contribution in [1.82, 2.24) is 10.1 Å². The molecule has 3 atom stereocenters. The van der Waals surface area contributed by atoms with E-state index in [1.807, 2.05) is 0 Å². The van der Waals surface area contributed by atoms with E-state index >= 15 is 0 Å². The van der Waals surface area contributed by atoms with Gasteiger partial charge in [0, 0.05) is 0 Å². The minimum Gasteiger partial charge on any atom is -0.383 e. The van der Waals surface area contributed by atoms with E-state index in [-0.39, 0.29) is 11.1 Å². The maximum atomic E-state index is 12.3. The number of rotatable bonds is 3. The molecule has 0 bridgehead atoms. The molecule has 1 aromatic heterocycles. The van der Waals surface area contributed by atoms with Gasteiger partial charge in [-0.3, -0.25) is 0 Å². The Balaban J connectivity index is 2.09. The van der Waals surface area contributed by atoms with Crippen molar-refractivity contribution in [3.63, 3.8) is 0 Å². The number of aliphatic hydroxyl groups is 1. The molecule has 2 rings (SSSR count). The van der Waals surface area contributed by atoms with Crippen LogP contribution in [0.5, 0.6) is 0 Å². The Hall–Kier alpha value is -0.760. The second-order valence-electron chi connectivity index (χ2n) is 4.27. The number of hydrogen-bond donors (Lipinski definition) is 1. The molecule has 0 aliphatic carbocycles. The van der Waals surface area contributed by atoms with Crippen LogP contribution in [0.15, 0.2) is 4.52 Å². The van der Waals surface area contributed by atoms with Gasteiger partial charge >= 0.3 is 6.18 Å². The number of aliphatic hydroxyl groups excluding tert-OH is 1. The molecule has 1 aliphatic rings. The zero-order valence-corrected chi connectivity index (χ0v) is 10.5. The van der Waals surface area contributed by atoms with Gasteiger partial charge in [0.15, 0.2) is 11.9 Å². The summed E-state index contributed by atoms with van der Waals surface area (Å²) >= 11 is 1.66. The van der Waals surface area contributed by atoms with E-state index in [9.17, 15) is 13.2 Å². The SMILES string of the molecule is CC(c1nc(C2CCCS2)no1)C(O)C(F)(F)F. The van der Waals surface area contributed by atoms with Gasteiger partial charge in [-0.2, -0.15) is 29.9 Å². The summed E-state index contributed by atoms with van der Waals surface area (Å²) in [4.78, 5) is 3.97. The van der Waals surface area contributed by atoms with Gasteiger partial charge in [-0.1, -0.05) is 12.1 Å². The first-order chi connectivity index (χ1) is 8.39. The molecule has 0 aromatic carbocycles. The normalized spacial score (nSPS) is 24.2. The third-order valence-electron chi connectivity index (χ3n) is 2.87. The van der Waals surface area contributed by atoms with Crippen LogP contribution >= 0.6 is 11.8 Å². The van der Waals surface area contributed by atoms with Gasteiger partial charge in [0.25, 0.3) is 0 Å². The van der Waals surface area contributed by atoms with Crippen LogP contribution in [0.2, 0.25) is 0 Å². The fourth-order valence-corrected chi connectivity index (χ4v) is 2.96. The summed E-state index contributed by atoms with van der Waals surface area (Å²) < 4.78 is 41.9. The average Bonchev–Trinajstić information content (AvgIpc) is 2.95. The molecule has 8 heteroatoms. The molecule has 1 fully saturated rings. The Bertz CT molecular complexity index is 404. The highest BCUT2D eigenvalue weighted by Crippen LogP contribution is 2.39. The quantitative estimate of drug-likeness (QED) is 0.923. The van der Waals surface area contributed by atoms with Crippen molar-refractivity contribution in [2.75, 3.05) is 5.75 Å². The first-order valence-corrected chi connectivity index (χ1v) is 6.64. The molecular formula is C10H13F3N2O2S. The van der Waals surface area contributed by atoms with Crippen LogP contribution in [-0.4, -0.2) is 33.3 Å². The van der Waals surface area contributed by atoms with E-state index in [1.165, 1.54) is 6.92 Å². The lowest BCUT2D eigenvalue weighted by Gasteiger charge is -2.18. The van der Waals surface area contributed by atoms with Crippen molar-refractivity contribution in [2.24, 2.45) is 0 Å². The third-order valence-corrected chi connectivity index (χ3v) is 4.25. The second kappa shape index (κ2) is 5.08. The lowest BCUT2D eigenvalue weighted by molar-refractivity contribution is -0.210. The Labute approximate surface area is 106 Å². The fourth-order valence-electron chi connectivity index (χ4n) is 1.76. The van der Waals surface area contributed by atoms with Crippen LogP contribution in [0.1, 0.15) is 42.6 Å². The zero-order chi connectivity index (χ0) is 13.3. The van der Waals surface area contributed by atoms with Crippen molar-refractivity contribution in [2.45, 2.75) is 43.2 Å². The minimum atomic E-state index is -4.68. The number of halogens is 3. The Morgan fingerprint density at radius 3 is 2.78 bits per heavy atom. The van der Waals surface area contributed by atoms with Gasteiger partial charge in [-0.25, -0.2) is 0 Å². The van der Waals surface area contributed by atoms with Crippen molar-refractivity contribution < 1.29 is 22.8 Å². The van der Waals surface area contributed by atoms with E-state index in [0.29, 0.717) is 5.82 Å². The highest BCUT2D eigenvalue weighted by Gasteiger charge is 2.44. The lowest BCUT2D eigenvalue weighted by Crippen LogP contribution is -2.33. The summed E-state index contributed by atoms with van der Waals surface area (Å²) in [5.74, 6) is 0.00337. The Kier molecular flexibility index (Phi) is 3.86. The summed E-state index contributed by atoms with van der Waals surface area (Å²) in [6, 6.07) is 0. The summed E-state index contributed by atoms with van der Waals surface area (Å²) in [6.45, 7) is 1.22. The van der Waals surface area contributed by atoms with Gasteiger partial charge < -0.3 is 9.63 Å². The number of aromatic nitrogens is 2. The second-order valence-corrected chi connectivity index (χ2v) is 5.58. The van der Waals surface area contributed by atoms with Crippen molar-refractivity contribution >= 4 is 11.8 Å². The first-order valence-electron chi connectivity index (χ1n) is 5.59. The topological polar surface area (TPSA) is 59.2 Å². The van der Waals surface area contributed by atoms with E-state index in [4.69, 9.17) is 9.63 Å². The maximum Gasteiger partial charge on any atom is 0.415 e. The molecule has 0 spiro atoms. The maximum absolute atomic E-state index is 12.3. The van der Waals surface area contributed by atoms with Crippen LogP contribution in [0.3, 0.4) is 0 Å². The van der Waals surface area contributed by atoms with Crippen LogP contribution in [0, 0.1) is 0 Å². The molecule has 0 saturated carbocycles. The monoisotopic (exact) mass is 282 g/mol. The van der Waals surface area contributed by atoms with Crippen LogP contribution in [-0.2, 0) is 0 Å². The molecule has 0 amide bonds. The lowest BCUT2D eigenvalue weighted by atomic mass is 10.0. The third kappa shape index (κ3) is 2.80. The first kappa shape index (κ1) is 13.7. The molecule has 18 heavy (non-hydrogen) atoms. The number of nitrogens with zero attached hydrogens (tertiary/aromatic N) is 2. The molecule has 1 saturated heterocycles. The number of hydrogen-bond acceptors (Lipinski definition) is 5. The van der Waals surface area contributed by atoms with Crippen molar-refractivity contribution in [3.8, 4) is 0 Å². The van der Waals surface area contributed by atoms with Crippen molar-refractivity contribution in [1.29, 1.82) is 0 Å². The zero-order valence-electron chi connectivity index (χ0n) is 9.65. The molecule has 4 nitrogen and oxygen atoms in total. The van der Waals surface area contributed by atoms with E-state index in [0.717, 1.165) is 18.6 Å². The molecule has 1 N–H and O–H groups in total. The highest BCUT2D eigenvalue weighted by atomic mass is 32.2. The van der Waals surface area contributed by atoms with Crippen LogP contribution in [0.25, 0.3) is 0 Å². The largest absolute Gasteiger partial charge is 0.415 e. The van der Waals surface area contributed by atoms with Gasteiger partial charge in [0.05, 0.1) is 11.2 Å². The molecule has 102 valence electrons.